The number of aromatic amines is 1. The van der Waals surface area contributed by atoms with E-state index in [9.17, 15) is 4.79 Å². The summed E-state index contributed by atoms with van der Waals surface area (Å²) in [5, 5.41) is 14.5. The Morgan fingerprint density at radius 2 is 2.17 bits per heavy atom. The highest BCUT2D eigenvalue weighted by Crippen LogP contribution is 2.33. The number of rotatable bonds is 3. The van der Waals surface area contributed by atoms with Gasteiger partial charge < -0.3 is 9.26 Å². The van der Waals surface area contributed by atoms with Gasteiger partial charge in [0.15, 0.2) is 11.4 Å². The van der Waals surface area contributed by atoms with Gasteiger partial charge in [0.25, 0.3) is 0 Å². The van der Waals surface area contributed by atoms with Crippen LogP contribution in [0.4, 0.5) is 10.6 Å². The minimum absolute atomic E-state index is 0.303. The Balaban J connectivity index is 2.05. The number of hydrogen-bond acceptors (Lipinski definition) is 5. The lowest BCUT2D eigenvalue weighted by Gasteiger charge is -2.07. The molecule has 0 radical (unpaired) electrons. The van der Waals surface area contributed by atoms with Crippen molar-refractivity contribution in [3.63, 3.8) is 0 Å². The molecule has 7 heteroatoms. The highest BCUT2D eigenvalue weighted by atomic mass is 16.5. The minimum atomic E-state index is -0.586. The van der Waals surface area contributed by atoms with E-state index < -0.39 is 6.09 Å². The van der Waals surface area contributed by atoms with E-state index in [1.54, 1.807) is 0 Å². The second-order valence-corrected chi connectivity index (χ2v) is 5.62. The summed E-state index contributed by atoms with van der Waals surface area (Å²) >= 11 is 0. The summed E-state index contributed by atoms with van der Waals surface area (Å²) < 4.78 is 9.89. The first-order valence-corrected chi connectivity index (χ1v) is 7.31. The Morgan fingerprint density at radius 3 is 2.87 bits per heavy atom. The number of H-pyrrole nitrogens is 1. The van der Waals surface area contributed by atoms with Gasteiger partial charge in [-0.2, -0.15) is 5.10 Å². The van der Waals surface area contributed by atoms with Gasteiger partial charge in [-0.3, -0.25) is 10.4 Å². The summed E-state index contributed by atoms with van der Waals surface area (Å²) in [6.07, 6.45) is -0.586. The molecule has 2 N–H and O–H groups in total. The molecular weight excluding hydrogens is 296 g/mol. The number of carbonyl (C=O) groups excluding carboxylic acids is 1. The predicted octanol–water partition coefficient (Wildman–Crippen LogP) is 3.83. The van der Waals surface area contributed by atoms with Crippen molar-refractivity contribution in [2.75, 3.05) is 12.4 Å². The molecule has 3 rings (SSSR count). The second kappa shape index (κ2) is 5.75. The van der Waals surface area contributed by atoms with Crippen molar-refractivity contribution in [2.24, 2.45) is 0 Å². The standard InChI is InChI=1S/C16H18N4O3/c1-8(2)14-13(9(3)18-19-14)10-5-6-11-12(7-10)23-20-15(11)17-16(21)22-4/h5-8H,1-4H3,(H,18,19)(H,17,20,21). The van der Waals surface area contributed by atoms with Gasteiger partial charge in [-0.05, 0) is 30.5 Å². The maximum Gasteiger partial charge on any atom is 0.412 e. The van der Waals surface area contributed by atoms with Crippen LogP contribution in [0.3, 0.4) is 0 Å². The number of benzene rings is 1. The molecule has 0 aliphatic heterocycles. The molecule has 2 heterocycles. The highest BCUT2D eigenvalue weighted by Gasteiger charge is 2.18. The van der Waals surface area contributed by atoms with Crippen LogP contribution in [0.25, 0.3) is 22.1 Å². The van der Waals surface area contributed by atoms with E-state index in [-0.39, 0.29) is 0 Å². The van der Waals surface area contributed by atoms with E-state index in [0.29, 0.717) is 22.7 Å². The number of methoxy groups -OCH3 is 1. The van der Waals surface area contributed by atoms with Crippen molar-refractivity contribution in [1.29, 1.82) is 0 Å². The topological polar surface area (TPSA) is 93.0 Å². The fourth-order valence-electron chi connectivity index (χ4n) is 2.56. The quantitative estimate of drug-likeness (QED) is 0.766. The summed E-state index contributed by atoms with van der Waals surface area (Å²) in [7, 11) is 1.30. The number of anilines is 1. The third-order valence-electron chi connectivity index (χ3n) is 3.69. The molecule has 3 aromatic rings. The van der Waals surface area contributed by atoms with Gasteiger partial charge in [-0.15, -0.1) is 0 Å². The molecule has 0 aliphatic rings. The van der Waals surface area contributed by atoms with Crippen LogP contribution in [-0.4, -0.2) is 28.6 Å². The van der Waals surface area contributed by atoms with Crippen molar-refractivity contribution in [2.45, 2.75) is 26.7 Å². The molecule has 7 nitrogen and oxygen atoms in total. The van der Waals surface area contributed by atoms with Crippen LogP contribution in [0.2, 0.25) is 0 Å². The lowest BCUT2D eigenvalue weighted by atomic mass is 9.97. The van der Waals surface area contributed by atoms with Crippen molar-refractivity contribution in [3.8, 4) is 11.1 Å². The van der Waals surface area contributed by atoms with Gasteiger partial charge in [0, 0.05) is 11.3 Å². The predicted molar refractivity (Wildman–Crippen MR) is 86.4 cm³/mol. The molecule has 0 fully saturated rings. The second-order valence-electron chi connectivity index (χ2n) is 5.62. The van der Waals surface area contributed by atoms with Crippen molar-refractivity contribution in [1.82, 2.24) is 15.4 Å². The largest absolute Gasteiger partial charge is 0.453 e. The van der Waals surface area contributed by atoms with E-state index in [1.165, 1.54) is 7.11 Å². The molecule has 0 spiro atoms. The lowest BCUT2D eigenvalue weighted by Crippen LogP contribution is -2.11. The summed E-state index contributed by atoms with van der Waals surface area (Å²) in [5.74, 6) is 0.642. The molecule has 0 saturated heterocycles. The van der Waals surface area contributed by atoms with Crippen LogP contribution in [-0.2, 0) is 4.74 Å². The molecule has 0 unspecified atom stereocenters. The Kier molecular flexibility index (Phi) is 3.77. The first-order chi connectivity index (χ1) is 11.0. The fraction of sp³-hybridized carbons (Fsp3) is 0.312. The zero-order chi connectivity index (χ0) is 16.6. The molecule has 120 valence electrons. The minimum Gasteiger partial charge on any atom is -0.453 e. The maximum absolute atomic E-state index is 11.3. The number of amides is 1. The van der Waals surface area contributed by atoms with Crippen LogP contribution in [0.1, 0.15) is 31.2 Å². The highest BCUT2D eigenvalue weighted by molar-refractivity contribution is 5.97. The molecule has 0 bridgehead atoms. The summed E-state index contributed by atoms with van der Waals surface area (Å²) in [4.78, 5) is 11.3. The van der Waals surface area contributed by atoms with Crippen LogP contribution in [0.15, 0.2) is 22.7 Å². The Labute approximate surface area is 133 Å². The van der Waals surface area contributed by atoms with E-state index >= 15 is 0 Å². The summed E-state index contributed by atoms with van der Waals surface area (Å²) in [6.45, 7) is 6.19. The number of nitrogens with one attached hydrogen (secondary N) is 2. The molecule has 0 saturated carbocycles. The normalized spacial score (nSPS) is 11.2. The van der Waals surface area contributed by atoms with Crippen molar-refractivity contribution in [3.05, 3.63) is 29.6 Å². The van der Waals surface area contributed by atoms with Gasteiger partial charge in [0.05, 0.1) is 18.2 Å². The smallest absolute Gasteiger partial charge is 0.412 e. The van der Waals surface area contributed by atoms with Gasteiger partial charge in [0.1, 0.15) is 0 Å². The van der Waals surface area contributed by atoms with Crippen molar-refractivity contribution >= 4 is 22.9 Å². The average Bonchev–Trinajstić information content (AvgIpc) is 3.10. The molecule has 23 heavy (non-hydrogen) atoms. The first kappa shape index (κ1) is 15.1. The average molecular weight is 314 g/mol. The van der Waals surface area contributed by atoms with Gasteiger partial charge in [-0.1, -0.05) is 25.1 Å². The number of carbonyl (C=O) groups is 1. The van der Waals surface area contributed by atoms with Gasteiger partial charge in [0.2, 0.25) is 0 Å². The zero-order valence-electron chi connectivity index (χ0n) is 13.4. The molecule has 1 aromatic carbocycles. The summed E-state index contributed by atoms with van der Waals surface area (Å²) in [5.41, 5.74) is 4.66. The van der Waals surface area contributed by atoms with Crippen LogP contribution < -0.4 is 5.32 Å². The molecule has 0 aliphatic carbocycles. The Hall–Kier alpha value is -2.83. The van der Waals surface area contributed by atoms with Crippen LogP contribution >= 0.6 is 0 Å². The number of aryl methyl sites for hydroxylation is 1. The van der Waals surface area contributed by atoms with Crippen LogP contribution in [0.5, 0.6) is 0 Å². The number of hydrogen-bond donors (Lipinski definition) is 2. The van der Waals surface area contributed by atoms with E-state index in [2.05, 4.69) is 39.3 Å². The Morgan fingerprint density at radius 1 is 1.39 bits per heavy atom. The van der Waals surface area contributed by atoms with Gasteiger partial charge >= 0.3 is 6.09 Å². The SMILES string of the molecule is COC(=O)Nc1noc2cc(-c3c(C(C)C)n[nH]c3C)ccc12. The number of nitrogens with zero attached hydrogens (tertiary/aromatic N) is 2. The van der Waals surface area contributed by atoms with E-state index in [1.807, 2.05) is 25.1 Å². The summed E-state index contributed by atoms with van der Waals surface area (Å²) in [6, 6.07) is 5.73. The molecule has 2 aromatic heterocycles. The van der Waals surface area contributed by atoms with Gasteiger partial charge in [-0.25, -0.2) is 4.79 Å². The maximum atomic E-state index is 11.3. The third kappa shape index (κ3) is 2.65. The number of fused-ring (bicyclic) bond motifs is 1. The van der Waals surface area contributed by atoms with Crippen LogP contribution in [0, 0.1) is 6.92 Å². The molecule has 0 atom stereocenters. The number of aromatic nitrogens is 3. The Bertz CT molecular complexity index is 863. The number of ether oxygens (including phenoxy) is 1. The lowest BCUT2D eigenvalue weighted by molar-refractivity contribution is 0.186. The third-order valence-corrected chi connectivity index (χ3v) is 3.69. The molecular formula is C16H18N4O3. The fourth-order valence-corrected chi connectivity index (χ4v) is 2.56. The first-order valence-electron chi connectivity index (χ1n) is 7.31. The van der Waals surface area contributed by atoms with Crippen molar-refractivity contribution < 1.29 is 14.1 Å². The van der Waals surface area contributed by atoms with E-state index in [4.69, 9.17) is 4.52 Å². The monoisotopic (exact) mass is 314 g/mol. The zero-order valence-corrected chi connectivity index (χ0v) is 13.4. The molecule has 1 amide bonds. The van der Waals surface area contributed by atoms with E-state index in [0.717, 1.165) is 22.5 Å².